The zero-order chi connectivity index (χ0) is 11.1. The van der Waals surface area contributed by atoms with Crippen molar-refractivity contribution < 1.29 is 13.2 Å². The SMILES string of the molecule is FC(F)(F)C1CCC2CC(S)CCC2C1. The summed E-state index contributed by atoms with van der Waals surface area (Å²) in [5.41, 5.74) is 0. The summed E-state index contributed by atoms with van der Waals surface area (Å²) in [6.45, 7) is 0. The van der Waals surface area contributed by atoms with Crippen LogP contribution in [0.15, 0.2) is 0 Å². The molecule has 0 nitrogen and oxygen atoms in total. The van der Waals surface area contributed by atoms with Gasteiger partial charge in [-0.05, 0) is 50.4 Å². The number of thiol groups is 1. The van der Waals surface area contributed by atoms with E-state index in [9.17, 15) is 13.2 Å². The van der Waals surface area contributed by atoms with Crippen molar-refractivity contribution in [2.45, 2.75) is 50.0 Å². The number of halogens is 3. The maximum absolute atomic E-state index is 12.6. The molecule has 0 heterocycles. The van der Waals surface area contributed by atoms with Gasteiger partial charge in [0, 0.05) is 5.25 Å². The molecule has 88 valence electrons. The first kappa shape index (κ1) is 11.6. The van der Waals surface area contributed by atoms with E-state index in [1.165, 1.54) is 0 Å². The van der Waals surface area contributed by atoms with Crippen LogP contribution in [0.3, 0.4) is 0 Å². The minimum Gasteiger partial charge on any atom is -0.176 e. The molecule has 2 saturated carbocycles. The van der Waals surface area contributed by atoms with Crippen LogP contribution in [0.1, 0.15) is 38.5 Å². The van der Waals surface area contributed by atoms with Gasteiger partial charge < -0.3 is 0 Å². The van der Waals surface area contributed by atoms with E-state index in [2.05, 4.69) is 12.6 Å². The van der Waals surface area contributed by atoms with Crippen LogP contribution in [0.5, 0.6) is 0 Å². The smallest absolute Gasteiger partial charge is 0.176 e. The molecule has 0 aromatic carbocycles. The molecule has 0 aromatic rings. The van der Waals surface area contributed by atoms with E-state index in [0.717, 1.165) is 25.7 Å². The zero-order valence-electron chi connectivity index (χ0n) is 8.63. The summed E-state index contributed by atoms with van der Waals surface area (Å²) in [4.78, 5) is 0. The van der Waals surface area contributed by atoms with Crippen LogP contribution in [0.4, 0.5) is 13.2 Å². The van der Waals surface area contributed by atoms with E-state index < -0.39 is 12.1 Å². The van der Waals surface area contributed by atoms with Crippen LogP contribution >= 0.6 is 12.6 Å². The average molecular weight is 238 g/mol. The summed E-state index contributed by atoms with van der Waals surface area (Å²) in [6, 6.07) is 0. The molecule has 0 amide bonds. The molecular weight excluding hydrogens is 221 g/mol. The molecule has 4 heteroatoms. The highest BCUT2D eigenvalue weighted by atomic mass is 32.1. The second-order valence-electron chi connectivity index (χ2n) is 5.04. The number of fused-ring (bicyclic) bond motifs is 1. The van der Waals surface area contributed by atoms with E-state index in [0.29, 0.717) is 29.9 Å². The Balaban J connectivity index is 1.95. The highest BCUT2D eigenvalue weighted by Crippen LogP contribution is 2.48. The zero-order valence-corrected chi connectivity index (χ0v) is 9.53. The molecule has 2 aliphatic rings. The Kier molecular flexibility index (Phi) is 3.25. The number of alkyl halides is 3. The lowest BCUT2D eigenvalue weighted by atomic mass is 9.67. The Hall–Kier alpha value is 0.140. The third-order valence-corrected chi connectivity index (χ3v) is 4.52. The summed E-state index contributed by atoms with van der Waals surface area (Å²) in [7, 11) is 0. The van der Waals surface area contributed by atoms with Gasteiger partial charge in [-0.1, -0.05) is 0 Å². The third kappa shape index (κ3) is 2.63. The largest absolute Gasteiger partial charge is 0.391 e. The lowest BCUT2D eigenvalue weighted by Gasteiger charge is -2.41. The van der Waals surface area contributed by atoms with E-state index in [4.69, 9.17) is 0 Å². The molecule has 0 aliphatic heterocycles. The average Bonchev–Trinajstić information content (AvgIpc) is 2.15. The maximum Gasteiger partial charge on any atom is 0.391 e. The van der Waals surface area contributed by atoms with Crippen molar-refractivity contribution in [3.05, 3.63) is 0 Å². The topological polar surface area (TPSA) is 0 Å². The second-order valence-corrected chi connectivity index (χ2v) is 5.77. The van der Waals surface area contributed by atoms with Gasteiger partial charge in [-0.15, -0.1) is 0 Å². The van der Waals surface area contributed by atoms with Gasteiger partial charge in [0.25, 0.3) is 0 Å². The predicted octanol–water partition coefficient (Wildman–Crippen LogP) is 4.06. The van der Waals surface area contributed by atoms with Crippen LogP contribution in [0, 0.1) is 17.8 Å². The predicted molar refractivity (Wildman–Crippen MR) is 57.0 cm³/mol. The van der Waals surface area contributed by atoms with Crippen molar-refractivity contribution in [2.75, 3.05) is 0 Å². The molecule has 4 unspecified atom stereocenters. The molecule has 2 fully saturated rings. The summed E-state index contributed by atoms with van der Waals surface area (Å²) in [6.07, 6.45) is 0.465. The molecule has 0 spiro atoms. The van der Waals surface area contributed by atoms with Gasteiger partial charge in [-0.25, -0.2) is 0 Å². The first-order chi connectivity index (χ1) is 6.97. The molecule has 4 atom stereocenters. The summed E-state index contributed by atoms with van der Waals surface area (Å²) < 4.78 is 37.7. The van der Waals surface area contributed by atoms with Crippen LogP contribution in [-0.4, -0.2) is 11.4 Å². The Bertz CT molecular complexity index is 226. The lowest BCUT2D eigenvalue weighted by Crippen LogP contribution is -2.36. The van der Waals surface area contributed by atoms with Gasteiger partial charge in [-0.2, -0.15) is 25.8 Å². The quantitative estimate of drug-likeness (QED) is 0.604. The molecule has 0 N–H and O–H groups in total. The van der Waals surface area contributed by atoms with Crippen molar-refractivity contribution >= 4 is 12.6 Å². The summed E-state index contributed by atoms with van der Waals surface area (Å²) in [5, 5.41) is 0.425. The standard InChI is InChI=1S/C11H17F3S/c12-11(13,14)9-3-1-8-6-10(15)4-2-7(8)5-9/h7-10,15H,1-6H2. The fraction of sp³-hybridized carbons (Fsp3) is 1.00. The molecule has 0 saturated heterocycles. The normalized spacial score (nSPS) is 42.4. The van der Waals surface area contributed by atoms with Gasteiger partial charge in [-0.3, -0.25) is 0 Å². The Labute approximate surface area is 94.0 Å². The third-order valence-electron chi connectivity index (χ3n) is 4.05. The number of hydrogen-bond acceptors (Lipinski definition) is 1. The van der Waals surface area contributed by atoms with Crippen LogP contribution in [0.25, 0.3) is 0 Å². The lowest BCUT2D eigenvalue weighted by molar-refractivity contribution is -0.190. The van der Waals surface area contributed by atoms with Gasteiger partial charge in [0.1, 0.15) is 0 Å². The summed E-state index contributed by atoms with van der Waals surface area (Å²) >= 11 is 4.44. The Morgan fingerprint density at radius 2 is 1.47 bits per heavy atom. The maximum atomic E-state index is 12.6. The van der Waals surface area contributed by atoms with Crippen molar-refractivity contribution in [2.24, 2.45) is 17.8 Å². The molecular formula is C11H17F3S. The van der Waals surface area contributed by atoms with Gasteiger partial charge in [0.15, 0.2) is 0 Å². The molecule has 0 bridgehead atoms. The highest BCUT2D eigenvalue weighted by molar-refractivity contribution is 7.80. The highest BCUT2D eigenvalue weighted by Gasteiger charge is 2.45. The monoisotopic (exact) mass is 238 g/mol. The molecule has 2 aliphatic carbocycles. The molecule has 15 heavy (non-hydrogen) atoms. The number of rotatable bonds is 0. The van der Waals surface area contributed by atoms with Gasteiger partial charge in [0.05, 0.1) is 5.92 Å². The van der Waals surface area contributed by atoms with Crippen molar-refractivity contribution in [1.82, 2.24) is 0 Å². The van der Waals surface area contributed by atoms with Gasteiger partial charge >= 0.3 is 6.18 Å². The van der Waals surface area contributed by atoms with Gasteiger partial charge in [0.2, 0.25) is 0 Å². The summed E-state index contributed by atoms with van der Waals surface area (Å²) in [5.74, 6) is -0.205. The van der Waals surface area contributed by atoms with E-state index in [-0.39, 0.29) is 0 Å². The van der Waals surface area contributed by atoms with E-state index >= 15 is 0 Å². The minimum absolute atomic E-state index is 0.314. The second kappa shape index (κ2) is 4.19. The fourth-order valence-corrected chi connectivity index (χ4v) is 3.58. The van der Waals surface area contributed by atoms with Crippen LogP contribution < -0.4 is 0 Å². The molecule has 0 radical (unpaired) electrons. The van der Waals surface area contributed by atoms with Crippen molar-refractivity contribution in [3.8, 4) is 0 Å². The Morgan fingerprint density at radius 1 is 0.867 bits per heavy atom. The van der Waals surface area contributed by atoms with Crippen molar-refractivity contribution in [3.63, 3.8) is 0 Å². The van der Waals surface area contributed by atoms with E-state index in [1.807, 2.05) is 0 Å². The van der Waals surface area contributed by atoms with Crippen molar-refractivity contribution in [1.29, 1.82) is 0 Å². The molecule has 0 aromatic heterocycles. The van der Waals surface area contributed by atoms with Crippen LogP contribution in [-0.2, 0) is 0 Å². The number of hydrogen-bond donors (Lipinski definition) is 1. The minimum atomic E-state index is -3.97. The van der Waals surface area contributed by atoms with E-state index in [1.54, 1.807) is 0 Å². The molecule has 2 rings (SSSR count). The Morgan fingerprint density at radius 3 is 2.13 bits per heavy atom. The van der Waals surface area contributed by atoms with Crippen LogP contribution in [0.2, 0.25) is 0 Å². The first-order valence-electron chi connectivity index (χ1n) is 5.71. The fourth-order valence-electron chi connectivity index (χ4n) is 3.16. The first-order valence-corrected chi connectivity index (χ1v) is 6.23.